The fourth-order valence-electron chi connectivity index (χ4n) is 1.91. The molecule has 0 atom stereocenters. The lowest BCUT2D eigenvalue weighted by atomic mass is 10.3. The summed E-state index contributed by atoms with van der Waals surface area (Å²) in [6, 6.07) is 5.66. The second-order valence-electron chi connectivity index (χ2n) is 4.25. The highest BCUT2D eigenvalue weighted by atomic mass is 16.2. The number of H-pyrrole nitrogens is 1. The molecule has 21 heavy (non-hydrogen) atoms. The van der Waals surface area contributed by atoms with E-state index in [1.807, 2.05) is 29.0 Å². The van der Waals surface area contributed by atoms with Crippen LogP contribution in [-0.4, -0.2) is 42.2 Å². The predicted molar refractivity (Wildman–Crippen MR) is 74.2 cm³/mol. The standard InChI is InChI=1S/C13H13N7O/c21-13(11-17-9-18-19-11)16-6-8-20-7-5-15-12(20)10-3-1-2-4-14-10/h1-5,7,9H,6,8H2,(H,16,21)(H,17,18,19). The first-order valence-corrected chi connectivity index (χ1v) is 6.40. The first kappa shape index (κ1) is 13.0. The Kier molecular flexibility index (Phi) is 3.68. The van der Waals surface area contributed by atoms with Crippen molar-refractivity contribution in [1.29, 1.82) is 0 Å². The van der Waals surface area contributed by atoms with Crippen LogP contribution in [0, 0.1) is 0 Å². The molecule has 8 nitrogen and oxygen atoms in total. The minimum absolute atomic E-state index is 0.200. The molecule has 0 saturated carbocycles. The maximum Gasteiger partial charge on any atom is 0.288 e. The Balaban J connectivity index is 1.62. The topological polar surface area (TPSA) is 101 Å². The summed E-state index contributed by atoms with van der Waals surface area (Å²) in [6.45, 7) is 1.04. The molecule has 0 radical (unpaired) electrons. The van der Waals surface area contributed by atoms with Crippen LogP contribution < -0.4 is 5.32 Å². The Morgan fingerprint density at radius 2 is 2.19 bits per heavy atom. The summed E-state index contributed by atoms with van der Waals surface area (Å²) in [6.07, 6.45) is 6.58. The molecule has 2 N–H and O–H groups in total. The van der Waals surface area contributed by atoms with Crippen molar-refractivity contribution >= 4 is 5.91 Å². The summed E-state index contributed by atoms with van der Waals surface area (Å²) in [4.78, 5) is 24.1. The third kappa shape index (κ3) is 2.94. The average molecular weight is 283 g/mol. The Hall–Kier alpha value is -3.03. The van der Waals surface area contributed by atoms with Crippen LogP contribution in [0.3, 0.4) is 0 Å². The zero-order chi connectivity index (χ0) is 14.5. The largest absolute Gasteiger partial charge is 0.348 e. The van der Waals surface area contributed by atoms with Crippen molar-refractivity contribution in [3.63, 3.8) is 0 Å². The van der Waals surface area contributed by atoms with Crippen LogP contribution in [0.15, 0.2) is 43.1 Å². The lowest BCUT2D eigenvalue weighted by molar-refractivity contribution is 0.0942. The van der Waals surface area contributed by atoms with Crippen LogP contribution in [0.1, 0.15) is 10.6 Å². The van der Waals surface area contributed by atoms with E-state index in [1.54, 1.807) is 12.4 Å². The number of hydrogen-bond acceptors (Lipinski definition) is 5. The Labute approximate surface area is 120 Å². The number of amides is 1. The van der Waals surface area contributed by atoms with E-state index in [-0.39, 0.29) is 11.7 Å². The van der Waals surface area contributed by atoms with Crippen molar-refractivity contribution in [3.8, 4) is 11.5 Å². The summed E-state index contributed by atoms with van der Waals surface area (Å²) in [5.74, 6) is 0.682. The monoisotopic (exact) mass is 283 g/mol. The fraction of sp³-hybridized carbons (Fsp3) is 0.154. The fourth-order valence-corrected chi connectivity index (χ4v) is 1.91. The summed E-state index contributed by atoms with van der Waals surface area (Å²) < 4.78 is 1.93. The van der Waals surface area contributed by atoms with E-state index in [1.165, 1.54) is 6.33 Å². The van der Waals surface area contributed by atoms with Crippen molar-refractivity contribution in [2.45, 2.75) is 6.54 Å². The van der Waals surface area contributed by atoms with Gasteiger partial charge in [0.25, 0.3) is 5.91 Å². The van der Waals surface area contributed by atoms with Gasteiger partial charge in [-0.1, -0.05) is 6.07 Å². The Morgan fingerprint density at radius 1 is 1.24 bits per heavy atom. The second kappa shape index (κ2) is 5.95. The minimum Gasteiger partial charge on any atom is -0.348 e. The van der Waals surface area contributed by atoms with Crippen molar-refractivity contribution in [2.24, 2.45) is 0 Å². The predicted octanol–water partition coefficient (Wildman–Crippen LogP) is 0.493. The highest BCUT2D eigenvalue weighted by molar-refractivity contribution is 5.90. The molecule has 0 bridgehead atoms. The number of carbonyl (C=O) groups excluding carboxylic acids is 1. The number of nitrogens with one attached hydrogen (secondary N) is 2. The van der Waals surface area contributed by atoms with Crippen LogP contribution in [0.4, 0.5) is 0 Å². The summed E-state index contributed by atoms with van der Waals surface area (Å²) in [7, 11) is 0. The Bertz CT molecular complexity index is 705. The van der Waals surface area contributed by atoms with Crippen LogP contribution >= 0.6 is 0 Å². The lowest BCUT2D eigenvalue weighted by Crippen LogP contribution is -2.28. The van der Waals surface area contributed by atoms with Crippen molar-refractivity contribution in [2.75, 3.05) is 6.54 Å². The molecular formula is C13H13N7O. The van der Waals surface area contributed by atoms with E-state index >= 15 is 0 Å². The maximum absolute atomic E-state index is 11.7. The third-order valence-corrected chi connectivity index (χ3v) is 2.88. The summed E-state index contributed by atoms with van der Waals surface area (Å²) >= 11 is 0. The molecule has 0 aromatic carbocycles. The normalized spacial score (nSPS) is 10.5. The summed E-state index contributed by atoms with van der Waals surface area (Å²) in [5.41, 5.74) is 0.795. The number of aromatic amines is 1. The molecular weight excluding hydrogens is 270 g/mol. The lowest BCUT2D eigenvalue weighted by Gasteiger charge is -2.07. The molecule has 0 aliphatic rings. The van der Waals surface area contributed by atoms with Crippen LogP contribution in [0.25, 0.3) is 11.5 Å². The molecule has 0 saturated heterocycles. The van der Waals surface area contributed by atoms with Gasteiger partial charge in [-0.3, -0.25) is 14.9 Å². The van der Waals surface area contributed by atoms with E-state index in [2.05, 4.69) is 30.5 Å². The van der Waals surface area contributed by atoms with E-state index < -0.39 is 0 Å². The number of rotatable bonds is 5. The molecule has 0 unspecified atom stereocenters. The van der Waals surface area contributed by atoms with Gasteiger partial charge in [-0.15, -0.1) is 0 Å². The zero-order valence-electron chi connectivity index (χ0n) is 11.1. The van der Waals surface area contributed by atoms with Gasteiger partial charge in [-0.25, -0.2) is 9.97 Å². The van der Waals surface area contributed by atoms with Crippen LogP contribution in [0.5, 0.6) is 0 Å². The van der Waals surface area contributed by atoms with Crippen molar-refractivity contribution in [3.05, 3.63) is 48.9 Å². The van der Waals surface area contributed by atoms with Crippen LogP contribution in [0.2, 0.25) is 0 Å². The smallest absolute Gasteiger partial charge is 0.288 e. The number of imidazole rings is 1. The van der Waals surface area contributed by atoms with Gasteiger partial charge in [0.2, 0.25) is 5.82 Å². The molecule has 0 aliphatic carbocycles. The van der Waals surface area contributed by atoms with Crippen molar-refractivity contribution < 1.29 is 4.79 Å². The third-order valence-electron chi connectivity index (χ3n) is 2.88. The van der Waals surface area contributed by atoms with Gasteiger partial charge in [0.15, 0.2) is 5.82 Å². The van der Waals surface area contributed by atoms with Gasteiger partial charge in [0.05, 0.1) is 0 Å². The highest BCUT2D eigenvalue weighted by Gasteiger charge is 2.09. The molecule has 8 heteroatoms. The number of carbonyl (C=O) groups is 1. The van der Waals surface area contributed by atoms with Gasteiger partial charge < -0.3 is 9.88 Å². The second-order valence-corrected chi connectivity index (χ2v) is 4.25. The highest BCUT2D eigenvalue weighted by Crippen LogP contribution is 2.13. The van der Waals surface area contributed by atoms with Crippen molar-refractivity contribution in [1.82, 2.24) is 35.0 Å². The minimum atomic E-state index is -0.285. The quantitative estimate of drug-likeness (QED) is 0.709. The van der Waals surface area contributed by atoms with Gasteiger partial charge >= 0.3 is 0 Å². The van der Waals surface area contributed by atoms with E-state index in [0.29, 0.717) is 13.1 Å². The van der Waals surface area contributed by atoms with E-state index in [9.17, 15) is 4.79 Å². The maximum atomic E-state index is 11.7. The van der Waals surface area contributed by atoms with E-state index in [0.717, 1.165) is 11.5 Å². The molecule has 3 aromatic rings. The zero-order valence-corrected chi connectivity index (χ0v) is 11.1. The summed E-state index contributed by atoms with van der Waals surface area (Å²) in [5, 5.41) is 8.91. The van der Waals surface area contributed by atoms with Gasteiger partial charge in [0, 0.05) is 31.7 Å². The van der Waals surface area contributed by atoms with Gasteiger partial charge in [-0.2, -0.15) is 5.10 Å². The first-order chi connectivity index (χ1) is 10.3. The molecule has 0 spiro atoms. The number of aromatic nitrogens is 6. The van der Waals surface area contributed by atoms with Gasteiger partial charge in [0.1, 0.15) is 12.0 Å². The SMILES string of the molecule is O=C(NCCn1ccnc1-c1ccccn1)c1ncn[nH]1. The van der Waals surface area contributed by atoms with Crippen LogP contribution in [-0.2, 0) is 6.54 Å². The Morgan fingerprint density at radius 3 is 2.95 bits per heavy atom. The molecule has 1 amide bonds. The van der Waals surface area contributed by atoms with Gasteiger partial charge in [-0.05, 0) is 12.1 Å². The number of hydrogen-bond donors (Lipinski definition) is 2. The molecule has 0 aliphatic heterocycles. The average Bonchev–Trinajstić information content (AvgIpc) is 3.20. The molecule has 3 rings (SSSR count). The number of pyridine rings is 1. The molecule has 106 valence electrons. The van der Waals surface area contributed by atoms with E-state index in [4.69, 9.17) is 0 Å². The first-order valence-electron chi connectivity index (χ1n) is 6.40. The molecule has 3 heterocycles. The molecule has 0 fully saturated rings. The number of nitrogens with zero attached hydrogens (tertiary/aromatic N) is 5. The molecule has 3 aromatic heterocycles.